The van der Waals surface area contributed by atoms with E-state index in [0.29, 0.717) is 5.02 Å². The lowest BCUT2D eigenvalue weighted by molar-refractivity contribution is 0.644. The van der Waals surface area contributed by atoms with Crippen molar-refractivity contribution in [1.29, 1.82) is 0 Å². The average Bonchev–Trinajstić information content (AvgIpc) is 2.66. The number of nitrogens with two attached hydrogens (primary N) is 1. The summed E-state index contributed by atoms with van der Waals surface area (Å²) in [4.78, 5) is 4.54. The van der Waals surface area contributed by atoms with Gasteiger partial charge in [0, 0.05) is 12.2 Å². The van der Waals surface area contributed by atoms with Crippen LogP contribution in [0.3, 0.4) is 0 Å². The van der Waals surface area contributed by atoms with Crippen LogP contribution in [0.5, 0.6) is 0 Å². The average molecular weight is 293 g/mol. The molecular formula is C15H21ClN4. The number of pyridine rings is 1. The van der Waals surface area contributed by atoms with Crippen LogP contribution < -0.4 is 5.73 Å². The molecule has 4 nitrogen and oxygen atoms in total. The van der Waals surface area contributed by atoms with Gasteiger partial charge in [-0.25, -0.2) is 9.67 Å². The molecular weight excluding hydrogens is 272 g/mol. The van der Waals surface area contributed by atoms with Crippen molar-refractivity contribution >= 4 is 11.6 Å². The molecule has 5 heteroatoms. The number of rotatable bonds is 4. The minimum absolute atomic E-state index is 0.185. The fourth-order valence-electron chi connectivity index (χ4n) is 2.24. The smallest absolute Gasteiger partial charge is 0.156 e. The second-order valence-corrected chi connectivity index (χ2v) is 5.63. The number of hydrogen-bond donors (Lipinski definition) is 1. The van der Waals surface area contributed by atoms with Gasteiger partial charge in [-0.1, -0.05) is 24.6 Å². The maximum atomic E-state index is 6.19. The number of nitrogens with zero attached hydrogens (tertiary/aromatic N) is 3. The van der Waals surface area contributed by atoms with Gasteiger partial charge in [0.05, 0.1) is 16.4 Å². The van der Waals surface area contributed by atoms with Gasteiger partial charge >= 0.3 is 0 Å². The number of halogens is 1. The molecule has 2 aromatic rings. The fraction of sp³-hybridized carbons (Fsp3) is 0.467. The van der Waals surface area contributed by atoms with Crippen molar-refractivity contribution in [3.63, 3.8) is 0 Å². The first-order valence-electron chi connectivity index (χ1n) is 6.87. The molecule has 0 saturated heterocycles. The summed E-state index contributed by atoms with van der Waals surface area (Å²) in [5.74, 6) is 0.825. The Labute approximate surface area is 125 Å². The molecule has 2 aromatic heterocycles. The van der Waals surface area contributed by atoms with Crippen molar-refractivity contribution in [2.75, 3.05) is 0 Å². The van der Waals surface area contributed by atoms with E-state index in [1.54, 1.807) is 4.68 Å². The molecule has 0 fully saturated rings. The highest BCUT2D eigenvalue weighted by molar-refractivity contribution is 6.31. The van der Waals surface area contributed by atoms with Crippen LogP contribution in [-0.4, -0.2) is 20.8 Å². The standard InChI is InChI=1S/C15H21ClN4/c1-5-13(17)7-12-6-9(2)15(18-8-12)20-11(4)14(16)10(3)19-20/h6,8,13H,5,7,17H2,1-4H3. The van der Waals surface area contributed by atoms with Crippen molar-refractivity contribution in [3.05, 3.63) is 39.8 Å². The molecule has 0 aliphatic heterocycles. The summed E-state index contributed by atoms with van der Waals surface area (Å²) < 4.78 is 1.80. The van der Waals surface area contributed by atoms with E-state index < -0.39 is 0 Å². The van der Waals surface area contributed by atoms with Gasteiger partial charge in [0.2, 0.25) is 0 Å². The number of aryl methyl sites for hydroxylation is 2. The van der Waals surface area contributed by atoms with Crippen LogP contribution in [0.25, 0.3) is 5.82 Å². The Hall–Kier alpha value is -1.39. The first-order chi connectivity index (χ1) is 9.43. The Bertz CT molecular complexity index is 619. The molecule has 0 spiro atoms. The summed E-state index contributed by atoms with van der Waals surface area (Å²) in [6, 6.07) is 2.31. The molecule has 2 heterocycles. The first-order valence-corrected chi connectivity index (χ1v) is 7.25. The van der Waals surface area contributed by atoms with Crippen molar-refractivity contribution in [1.82, 2.24) is 14.8 Å². The molecule has 0 bridgehead atoms. The molecule has 1 unspecified atom stereocenters. The molecule has 2 rings (SSSR count). The van der Waals surface area contributed by atoms with Crippen molar-refractivity contribution < 1.29 is 0 Å². The predicted octanol–water partition coefficient (Wildman–Crippen LogP) is 3.13. The van der Waals surface area contributed by atoms with E-state index in [1.165, 1.54) is 0 Å². The highest BCUT2D eigenvalue weighted by Gasteiger charge is 2.14. The molecule has 20 heavy (non-hydrogen) atoms. The Kier molecular flexibility index (Phi) is 4.45. The first kappa shape index (κ1) is 15.0. The Morgan fingerprint density at radius 1 is 1.35 bits per heavy atom. The van der Waals surface area contributed by atoms with E-state index >= 15 is 0 Å². The minimum Gasteiger partial charge on any atom is -0.327 e. The van der Waals surface area contributed by atoms with Crippen LogP contribution in [0.1, 0.15) is 35.9 Å². The van der Waals surface area contributed by atoms with E-state index in [4.69, 9.17) is 17.3 Å². The van der Waals surface area contributed by atoms with Gasteiger partial charge in [-0.15, -0.1) is 0 Å². The van der Waals surface area contributed by atoms with Crippen molar-refractivity contribution in [2.24, 2.45) is 5.73 Å². The lowest BCUT2D eigenvalue weighted by atomic mass is 10.1. The highest BCUT2D eigenvalue weighted by atomic mass is 35.5. The molecule has 0 radical (unpaired) electrons. The van der Waals surface area contributed by atoms with E-state index in [1.807, 2.05) is 27.0 Å². The second-order valence-electron chi connectivity index (χ2n) is 5.25. The molecule has 0 saturated carbocycles. The van der Waals surface area contributed by atoms with Crippen LogP contribution in [0, 0.1) is 20.8 Å². The van der Waals surface area contributed by atoms with Gasteiger partial charge in [0.15, 0.2) is 5.82 Å². The van der Waals surface area contributed by atoms with E-state index in [9.17, 15) is 0 Å². The van der Waals surface area contributed by atoms with Gasteiger partial charge in [0.25, 0.3) is 0 Å². The third-order valence-corrected chi connectivity index (χ3v) is 4.08. The van der Waals surface area contributed by atoms with Gasteiger partial charge in [-0.2, -0.15) is 5.10 Å². The Morgan fingerprint density at radius 3 is 2.55 bits per heavy atom. The second kappa shape index (κ2) is 5.94. The van der Waals surface area contributed by atoms with Crippen LogP contribution in [0.15, 0.2) is 12.3 Å². The maximum absolute atomic E-state index is 6.19. The van der Waals surface area contributed by atoms with Crippen LogP contribution in [0.4, 0.5) is 0 Å². The molecule has 0 aromatic carbocycles. The molecule has 0 aliphatic carbocycles. The zero-order valence-corrected chi connectivity index (χ0v) is 13.2. The van der Waals surface area contributed by atoms with Gasteiger partial charge in [-0.3, -0.25) is 0 Å². The number of aromatic nitrogens is 3. The predicted molar refractivity (Wildman–Crippen MR) is 82.6 cm³/mol. The van der Waals surface area contributed by atoms with Gasteiger partial charge in [-0.05, 0) is 44.7 Å². The van der Waals surface area contributed by atoms with Crippen LogP contribution in [0.2, 0.25) is 5.02 Å². The van der Waals surface area contributed by atoms with Gasteiger partial charge in [0.1, 0.15) is 0 Å². The Morgan fingerprint density at radius 2 is 2.05 bits per heavy atom. The largest absolute Gasteiger partial charge is 0.327 e. The zero-order chi connectivity index (χ0) is 14.9. The quantitative estimate of drug-likeness (QED) is 0.942. The zero-order valence-electron chi connectivity index (χ0n) is 12.4. The summed E-state index contributed by atoms with van der Waals surface area (Å²) in [6.45, 7) is 7.98. The van der Waals surface area contributed by atoms with Crippen molar-refractivity contribution in [2.45, 2.75) is 46.6 Å². The van der Waals surface area contributed by atoms with E-state index in [0.717, 1.165) is 41.2 Å². The topological polar surface area (TPSA) is 56.7 Å². The molecule has 0 amide bonds. The third-order valence-electron chi connectivity index (χ3n) is 3.53. The third kappa shape index (κ3) is 2.86. The van der Waals surface area contributed by atoms with E-state index in [2.05, 4.69) is 23.1 Å². The molecule has 2 N–H and O–H groups in total. The summed E-state index contributed by atoms with van der Waals surface area (Å²) in [5, 5.41) is 5.14. The summed E-state index contributed by atoms with van der Waals surface area (Å²) in [7, 11) is 0. The van der Waals surface area contributed by atoms with Crippen LogP contribution in [-0.2, 0) is 6.42 Å². The summed E-state index contributed by atoms with van der Waals surface area (Å²) in [6.07, 6.45) is 3.69. The maximum Gasteiger partial charge on any atom is 0.156 e. The minimum atomic E-state index is 0.185. The lowest BCUT2D eigenvalue weighted by Crippen LogP contribution is -2.21. The highest BCUT2D eigenvalue weighted by Crippen LogP contribution is 2.23. The van der Waals surface area contributed by atoms with Gasteiger partial charge < -0.3 is 5.73 Å². The fourth-order valence-corrected chi connectivity index (χ4v) is 2.35. The van der Waals surface area contributed by atoms with E-state index in [-0.39, 0.29) is 6.04 Å². The summed E-state index contributed by atoms with van der Waals surface area (Å²) >= 11 is 6.19. The van der Waals surface area contributed by atoms with Crippen molar-refractivity contribution in [3.8, 4) is 5.82 Å². The monoisotopic (exact) mass is 292 g/mol. The Balaban J connectivity index is 2.36. The molecule has 0 aliphatic rings. The SMILES string of the molecule is CCC(N)Cc1cnc(-n2nc(C)c(Cl)c2C)c(C)c1. The lowest BCUT2D eigenvalue weighted by Gasteiger charge is -2.12. The molecule has 1 atom stereocenters. The normalized spacial score (nSPS) is 12.7. The van der Waals surface area contributed by atoms with Crippen LogP contribution >= 0.6 is 11.6 Å². The number of hydrogen-bond acceptors (Lipinski definition) is 3. The summed E-state index contributed by atoms with van der Waals surface area (Å²) in [5.41, 5.74) is 9.96. The molecule has 108 valence electrons.